The summed E-state index contributed by atoms with van der Waals surface area (Å²) in [6.07, 6.45) is 2.84. The van der Waals surface area contributed by atoms with E-state index in [2.05, 4.69) is 5.32 Å². The molecule has 1 fully saturated rings. The van der Waals surface area contributed by atoms with Gasteiger partial charge in [-0.15, -0.1) is 0 Å². The fourth-order valence-corrected chi connectivity index (χ4v) is 2.84. The molecule has 1 unspecified atom stereocenters. The Balaban J connectivity index is 2.20. The van der Waals surface area contributed by atoms with Crippen molar-refractivity contribution in [1.29, 1.82) is 0 Å². The zero-order valence-electron chi connectivity index (χ0n) is 12.1. The summed E-state index contributed by atoms with van der Waals surface area (Å²) in [7, 11) is 1.63. The molecule has 0 aromatic heterocycles. The van der Waals surface area contributed by atoms with E-state index in [4.69, 9.17) is 18.0 Å². The smallest absolute Gasteiger partial charge is 0.237 e. The minimum Gasteiger partial charge on any atom is -0.389 e. The molecule has 1 atom stereocenters. The van der Waals surface area contributed by atoms with Crippen LogP contribution in [-0.4, -0.2) is 35.4 Å². The van der Waals surface area contributed by atoms with Gasteiger partial charge in [0, 0.05) is 24.7 Å². The Bertz CT molecular complexity index is 550. The molecule has 21 heavy (non-hydrogen) atoms. The fourth-order valence-electron chi connectivity index (χ4n) is 2.71. The van der Waals surface area contributed by atoms with E-state index in [0.29, 0.717) is 17.7 Å². The van der Waals surface area contributed by atoms with Crippen molar-refractivity contribution in [2.24, 2.45) is 5.73 Å². The molecule has 114 valence electrons. The average molecular weight is 309 g/mol. The monoisotopic (exact) mass is 309 g/mol. The largest absolute Gasteiger partial charge is 0.389 e. The maximum absolute atomic E-state index is 14.0. The highest BCUT2D eigenvalue weighted by atomic mass is 32.1. The van der Waals surface area contributed by atoms with Gasteiger partial charge in [0.1, 0.15) is 10.8 Å². The molecule has 0 saturated carbocycles. The third-order valence-electron chi connectivity index (χ3n) is 3.87. The molecule has 1 aliphatic rings. The first-order valence-electron chi connectivity index (χ1n) is 7.07. The number of likely N-dealkylation sites (tertiary alicyclic amines) is 1. The number of thiocarbonyl (C=S) groups is 1. The van der Waals surface area contributed by atoms with Crippen LogP contribution in [0.4, 0.5) is 4.39 Å². The number of halogens is 1. The number of piperidine rings is 1. The van der Waals surface area contributed by atoms with Crippen LogP contribution in [0.1, 0.15) is 30.4 Å². The first-order chi connectivity index (χ1) is 10.0. The Kier molecular flexibility index (Phi) is 5.25. The topological polar surface area (TPSA) is 58.4 Å². The number of nitrogens with one attached hydrogen (secondary N) is 1. The molecule has 1 aliphatic heterocycles. The van der Waals surface area contributed by atoms with Crippen molar-refractivity contribution in [2.75, 3.05) is 13.6 Å². The quantitative estimate of drug-likeness (QED) is 0.829. The maximum atomic E-state index is 14.0. The van der Waals surface area contributed by atoms with Gasteiger partial charge in [-0.05, 0) is 37.6 Å². The van der Waals surface area contributed by atoms with Gasteiger partial charge in [0.25, 0.3) is 0 Å². The lowest BCUT2D eigenvalue weighted by Crippen LogP contribution is -2.48. The highest BCUT2D eigenvalue weighted by Crippen LogP contribution is 2.21. The number of benzene rings is 1. The Hall–Kier alpha value is -1.53. The van der Waals surface area contributed by atoms with Crippen LogP contribution >= 0.6 is 12.2 Å². The number of hydrogen-bond donors (Lipinski definition) is 2. The molecule has 0 bridgehead atoms. The lowest BCUT2D eigenvalue weighted by molar-refractivity contribution is -0.127. The van der Waals surface area contributed by atoms with Gasteiger partial charge in [0.15, 0.2) is 0 Å². The lowest BCUT2D eigenvalue weighted by atomic mass is 10.00. The highest BCUT2D eigenvalue weighted by molar-refractivity contribution is 7.80. The fraction of sp³-hybridized carbons (Fsp3) is 0.467. The van der Waals surface area contributed by atoms with E-state index in [0.717, 1.165) is 25.8 Å². The first-order valence-corrected chi connectivity index (χ1v) is 7.47. The average Bonchev–Trinajstić information content (AvgIpc) is 2.49. The van der Waals surface area contributed by atoms with Gasteiger partial charge in [-0.3, -0.25) is 9.69 Å². The molecular weight excluding hydrogens is 289 g/mol. The van der Waals surface area contributed by atoms with Crippen LogP contribution in [0.25, 0.3) is 0 Å². The van der Waals surface area contributed by atoms with E-state index >= 15 is 0 Å². The van der Waals surface area contributed by atoms with Crippen molar-refractivity contribution in [2.45, 2.75) is 31.8 Å². The van der Waals surface area contributed by atoms with E-state index < -0.39 is 0 Å². The number of carbonyl (C=O) groups excluding carboxylic acids is 1. The van der Waals surface area contributed by atoms with E-state index in [9.17, 15) is 9.18 Å². The van der Waals surface area contributed by atoms with Crippen molar-refractivity contribution in [3.05, 3.63) is 35.1 Å². The zero-order valence-corrected chi connectivity index (χ0v) is 12.9. The summed E-state index contributed by atoms with van der Waals surface area (Å²) in [5.74, 6) is -0.308. The molecule has 1 saturated heterocycles. The second kappa shape index (κ2) is 6.95. The normalized spacial score (nSPS) is 19.2. The summed E-state index contributed by atoms with van der Waals surface area (Å²) in [5, 5.41) is 2.68. The molecule has 3 N–H and O–H groups in total. The highest BCUT2D eigenvalue weighted by Gasteiger charge is 2.28. The molecule has 0 spiro atoms. The first kappa shape index (κ1) is 15.9. The molecular formula is C15H20FN3OS. The van der Waals surface area contributed by atoms with Crippen LogP contribution in [0, 0.1) is 5.82 Å². The minimum absolute atomic E-state index is 0.0133. The molecule has 1 aromatic carbocycles. The molecule has 6 heteroatoms. The van der Waals surface area contributed by atoms with Crippen LogP contribution in [0.2, 0.25) is 0 Å². The second-order valence-electron chi connectivity index (χ2n) is 5.27. The van der Waals surface area contributed by atoms with Crippen LogP contribution < -0.4 is 11.1 Å². The number of amides is 1. The minimum atomic E-state index is -0.295. The Morgan fingerprint density at radius 2 is 2.29 bits per heavy atom. The van der Waals surface area contributed by atoms with Gasteiger partial charge < -0.3 is 11.1 Å². The van der Waals surface area contributed by atoms with Gasteiger partial charge in [-0.25, -0.2) is 4.39 Å². The molecule has 0 radical (unpaired) electrons. The van der Waals surface area contributed by atoms with Gasteiger partial charge >= 0.3 is 0 Å². The number of likely N-dealkylation sites (N-methyl/N-ethyl adjacent to an activating group) is 1. The third-order valence-corrected chi connectivity index (χ3v) is 4.10. The zero-order chi connectivity index (χ0) is 15.4. The predicted octanol–water partition coefficient (Wildman–Crippen LogP) is 1.56. The molecule has 0 aliphatic carbocycles. The molecule has 4 nitrogen and oxygen atoms in total. The summed E-state index contributed by atoms with van der Waals surface area (Å²) in [6.45, 7) is 1.18. The number of nitrogens with two attached hydrogens (primary N) is 1. The summed E-state index contributed by atoms with van der Waals surface area (Å²) < 4.78 is 14.0. The van der Waals surface area contributed by atoms with Crippen molar-refractivity contribution < 1.29 is 9.18 Å². The molecule has 2 rings (SSSR count). The summed E-state index contributed by atoms with van der Waals surface area (Å²) in [5.41, 5.74) is 6.77. The van der Waals surface area contributed by atoms with Crippen molar-refractivity contribution in [1.82, 2.24) is 10.2 Å². The third kappa shape index (κ3) is 3.77. The summed E-state index contributed by atoms with van der Waals surface area (Å²) in [4.78, 5) is 14.2. The SMILES string of the molecule is CNC(=O)C1CCCCN1Cc1cc(C(N)=S)ccc1F. The van der Waals surface area contributed by atoms with Gasteiger partial charge in [0.05, 0.1) is 6.04 Å². The van der Waals surface area contributed by atoms with Gasteiger partial charge in [-0.1, -0.05) is 18.6 Å². The number of rotatable bonds is 4. The Labute approximate surface area is 129 Å². The van der Waals surface area contributed by atoms with E-state index in [1.165, 1.54) is 6.07 Å². The summed E-state index contributed by atoms with van der Waals surface area (Å²) >= 11 is 4.93. The van der Waals surface area contributed by atoms with Crippen LogP contribution in [-0.2, 0) is 11.3 Å². The Morgan fingerprint density at radius 3 is 2.95 bits per heavy atom. The van der Waals surface area contributed by atoms with Crippen molar-refractivity contribution in [3.63, 3.8) is 0 Å². The lowest BCUT2D eigenvalue weighted by Gasteiger charge is -2.34. The van der Waals surface area contributed by atoms with Crippen molar-refractivity contribution >= 4 is 23.1 Å². The van der Waals surface area contributed by atoms with E-state index in [1.807, 2.05) is 4.90 Å². The number of nitrogens with zero attached hydrogens (tertiary/aromatic N) is 1. The number of hydrogen-bond acceptors (Lipinski definition) is 3. The number of carbonyl (C=O) groups is 1. The summed E-state index contributed by atoms with van der Waals surface area (Å²) in [6, 6.07) is 4.43. The molecule has 1 heterocycles. The Morgan fingerprint density at radius 1 is 1.52 bits per heavy atom. The van der Waals surface area contributed by atoms with Gasteiger partial charge in [-0.2, -0.15) is 0 Å². The van der Waals surface area contributed by atoms with E-state index in [-0.39, 0.29) is 22.8 Å². The van der Waals surface area contributed by atoms with Gasteiger partial charge in [0.2, 0.25) is 5.91 Å². The molecule has 1 aromatic rings. The molecule has 1 amide bonds. The maximum Gasteiger partial charge on any atom is 0.237 e. The van der Waals surface area contributed by atoms with Crippen LogP contribution in [0.3, 0.4) is 0 Å². The van der Waals surface area contributed by atoms with Crippen LogP contribution in [0.5, 0.6) is 0 Å². The van der Waals surface area contributed by atoms with Crippen LogP contribution in [0.15, 0.2) is 18.2 Å². The second-order valence-corrected chi connectivity index (χ2v) is 5.71. The van der Waals surface area contributed by atoms with Crippen molar-refractivity contribution in [3.8, 4) is 0 Å². The predicted molar refractivity (Wildman–Crippen MR) is 84.4 cm³/mol. The van der Waals surface area contributed by atoms with E-state index in [1.54, 1.807) is 19.2 Å². The standard InChI is InChI=1S/C15H20FN3OS/c1-18-15(20)13-4-2-3-7-19(13)9-11-8-10(14(17)21)5-6-12(11)16/h5-6,8,13H,2-4,7,9H2,1H3,(H2,17,21)(H,18,20).